The standard InChI is InChI=1S/C21H23N3O2/c1-15-5-3-4-6-19(15)14-26-16(2)21(25)22-13-17-7-9-18(10-8-17)20-11-12-23-24-20/h3-12,16H,13-14H2,1-2H3,(H,22,25)(H,23,24). The number of ether oxygens (including phenoxy) is 1. The van der Waals surface area contributed by atoms with E-state index in [2.05, 4.69) is 15.5 Å². The number of nitrogens with zero attached hydrogens (tertiary/aromatic N) is 1. The highest BCUT2D eigenvalue weighted by Crippen LogP contribution is 2.16. The fourth-order valence-corrected chi connectivity index (χ4v) is 2.61. The number of H-pyrrole nitrogens is 1. The van der Waals surface area contributed by atoms with E-state index < -0.39 is 6.10 Å². The molecule has 3 aromatic rings. The third-order valence-corrected chi connectivity index (χ3v) is 4.35. The number of carbonyl (C=O) groups is 1. The lowest BCUT2D eigenvalue weighted by Gasteiger charge is -2.14. The van der Waals surface area contributed by atoms with Gasteiger partial charge in [0.2, 0.25) is 5.91 Å². The Morgan fingerprint density at radius 1 is 1.15 bits per heavy atom. The van der Waals surface area contributed by atoms with Gasteiger partial charge in [0.05, 0.1) is 12.3 Å². The van der Waals surface area contributed by atoms with Crippen molar-refractivity contribution in [2.24, 2.45) is 0 Å². The van der Waals surface area contributed by atoms with Crippen LogP contribution in [0, 0.1) is 6.92 Å². The van der Waals surface area contributed by atoms with Crippen molar-refractivity contribution >= 4 is 5.91 Å². The van der Waals surface area contributed by atoms with Crippen LogP contribution in [0.4, 0.5) is 0 Å². The molecule has 1 heterocycles. The SMILES string of the molecule is Cc1ccccc1COC(C)C(=O)NCc1ccc(-c2ccn[nH]2)cc1. The number of carbonyl (C=O) groups excluding carboxylic acids is 1. The van der Waals surface area contributed by atoms with Gasteiger partial charge in [0.15, 0.2) is 0 Å². The van der Waals surface area contributed by atoms with Crippen LogP contribution in [0.3, 0.4) is 0 Å². The number of benzene rings is 2. The molecule has 1 amide bonds. The van der Waals surface area contributed by atoms with Crippen LogP contribution in [-0.2, 0) is 22.7 Å². The summed E-state index contributed by atoms with van der Waals surface area (Å²) in [5.74, 6) is -0.115. The Morgan fingerprint density at radius 3 is 2.62 bits per heavy atom. The summed E-state index contributed by atoms with van der Waals surface area (Å²) in [6.07, 6.45) is 1.22. The van der Waals surface area contributed by atoms with E-state index in [1.54, 1.807) is 13.1 Å². The minimum Gasteiger partial charge on any atom is -0.364 e. The van der Waals surface area contributed by atoms with Gasteiger partial charge in [0.25, 0.3) is 0 Å². The van der Waals surface area contributed by atoms with E-state index >= 15 is 0 Å². The number of aryl methyl sites for hydroxylation is 1. The van der Waals surface area contributed by atoms with Crippen molar-refractivity contribution < 1.29 is 9.53 Å². The molecule has 1 atom stereocenters. The van der Waals surface area contributed by atoms with Crippen LogP contribution in [0.15, 0.2) is 60.8 Å². The highest BCUT2D eigenvalue weighted by molar-refractivity contribution is 5.80. The molecule has 0 fully saturated rings. The van der Waals surface area contributed by atoms with Gasteiger partial charge in [-0.2, -0.15) is 5.10 Å². The Morgan fingerprint density at radius 2 is 1.92 bits per heavy atom. The Kier molecular flexibility index (Phi) is 5.81. The maximum Gasteiger partial charge on any atom is 0.249 e. The van der Waals surface area contributed by atoms with Crippen LogP contribution in [0.25, 0.3) is 11.3 Å². The van der Waals surface area contributed by atoms with E-state index in [0.717, 1.165) is 27.9 Å². The first-order valence-corrected chi connectivity index (χ1v) is 8.66. The Labute approximate surface area is 153 Å². The smallest absolute Gasteiger partial charge is 0.249 e. The molecule has 2 N–H and O–H groups in total. The van der Waals surface area contributed by atoms with Gasteiger partial charge >= 0.3 is 0 Å². The lowest BCUT2D eigenvalue weighted by molar-refractivity contribution is -0.132. The number of amides is 1. The van der Waals surface area contributed by atoms with E-state index in [0.29, 0.717) is 13.2 Å². The second-order valence-electron chi connectivity index (χ2n) is 6.26. The van der Waals surface area contributed by atoms with Crippen LogP contribution in [0.1, 0.15) is 23.6 Å². The highest BCUT2D eigenvalue weighted by Gasteiger charge is 2.13. The zero-order valence-corrected chi connectivity index (χ0v) is 15.0. The van der Waals surface area contributed by atoms with Crippen molar-refractivity contribution in [2.75, 3.05) is 0 Å². The lowest BCUT2D eigenvalue weighted by Crippen LogP contribution is -2.34. The average molecular weight is 349 g/mol. The molecule has 2 aromatic carbocycles. The van der Waals surface area contributed by atoms with Gasteiger partial charge in [-0.05, 0) is 42.2 Å². The number of nitrogens with one attached hydrogen (secondary N) is 2. The van der Waals surface area contributed by atoms with Crippen molar-refractivity contribution in [3.63, 3.8) is 0 Å². The van der Waals surface area contributed by atoms with E-state index in [9.17, 15) is 4.79 Å². The highest BCUT2D eigenvalue weighted by atomic mass is 16.5. The van der Waals surface area contributed by atoms with Crippen LogP contribution < -0.4 is 5.32 Å². The predicted molar refractivity (Wildman–Crippen MR) is 101 cm³/mol. The zero-order chi connectivity index (χ0) is 18.4. The zero-order valence-electron chi connectivity index (χ0n) is 15.0. The van der Waals surface area contributed by atoms with Gasteiger partial charge in [0.1, 0.15) is 6.10 Å². The molecule has 0 saturated heterocycles. The molecule has 1 aromatic heterocycles. The summed E-state index contributed by atoms with van der Waals surface area (Å²) in [4.78, 5) is 12.2. The molecule has 5 nitrogen and oxygen atoms in total. The molecule has 134 valence electrons. The maximum atomic E-state index is 12.2. The fraction of sp³-hybridized carbons (Fsp3) is 0.238. The summed E-state index contributed by atoms with van der Waals surface area (Å²) < 4.78 is 5.70. The van der Waals surface area contributed by atoms with Gasteiger partial charge in [-0.1, -0.05) is 48.5 Å². The van der Waals surface area contributed by atoms with Crippen molar-refractivity contribution in [1.29, 1.82) is 0 Å². The molecule has 0 bridgehead atoms. The van der Waals surface area contributed by atoms with Crippen LogP contribution in [0.5, 0.6) is 0 Å². The van der Waals surface area contributed by atoms with Crippen molar-refractivity contribution in [1.82, 2.24) is 15.5 Å². The molecular weight excluding hydrogens is 326 g/mol. The third kappa shape index (κ3) is 4.58. The number of aromatic amines is 1. The Bertz CT molecular complexity index is 842. The van der Waals surface area contributed by atoms with Gasteiger partial charge < -0.3 is 10.1 Å². The van der Waals surface area contributed by atoms with E-state index in [4.69, 9.17) is 4.74 Å². The van der Waals surface area contributed by atoms with Crippen molar-refractivity contribution in [2.45, 2.75) is 33.1 Å². The van der Waals surface area contributed by atoms with Crippen LogP contribution in [0.2, 0.25) is 0 Å². The van der Waals surface area contributed by atoms with Gasteiger partial charge in [-0.25, -0.2) is 0 Å². The fourth-order valence-electron chi connectivity index (χ4n) is 2.61. The largest absolute Gasteiger partial charge is 0.364 e. The van der Waals surface area contributed by atoms with E-state index in [-0.39, 0.29) is 5.91 Å². The summed E-state index contributed by atoms with van der Waals surface area (Å²) in [5.41, 5.74) is 5.33. The van der Waals surface area contributed by atoms with Gasteiger partial charge in [-0.15, -0.1) is 0 Å². The van der Waals surface area contributed by atoms with E-state index in [1.807, 2.05) is 61.5 Å². The normalized spacial score (nSPS) is 11.9. The maximum absolute atomic E-state index is 12.2. The van der Waals surface area contributed by atoms with Crippen LogP contribution in [-0.4, -0.2) is 22.2 Å². The second kappa shape index (κ2) is 8.45. The topological polar surface area (TPSA) is 67.0 Å². The third-order valence-electron chi connectivity index (χ3n) is 4.35. The first-order chi connectivity index (χ1) is 12.6. The molecule has 0 aliphatic rings. The molecule has 0 saturated carbocycles. The minimum absolute atomic E-state index is 0.115. The van der Waals surface area contributed by atoms with Gasteiger partial charge in [-0.3, -0.25) is 9.89 Å². The first-order valence-electron chi connectivity index (χ1n) is 8.66. The Balaban J connectivity index is 1.48. The second-order valence-corrected chi connectivity index (χ2v) is 6.26. The molecule has 0 radical (unpaired) electrons. The average Bonchev–Trinajstić information content (AvgIpc) is 3.20. The number of rotatable bonds is 7. The molecule has 0 aliphatic heterocycles. The molecule has 26 heavy (non-hydrogen) atoms. The molecule has 1 unspecified atom stereocenters. The quantitative estimate of drug-likeness (QED) is 0.685. The van der Waals surface area contributed by atoms with E-state index in [1.165, 1.54) is 0 Å². The molecule has 0 aliphatic carbocycles. The van der Waals surface area contributed by atoms with Crippen molar-refractivity contribution in [3.05, 3.63) is 77.5 Å². The predicted octanol–water partition coefficient (Wildman–Crippen LogP) is 3.61. The monoisotopic (exact) mass is 349 g/mol. The van der Waals surface area contributed by atoms with Crippen molar-refractivity contribution in [3.8, 4) is 11.3 Å². The lowest BCUT2D eigenvalue weighted by atomic mass is 10.1. The summed E-state index contributed by atoms with van der Waals surface area (Å²) in [6, 6.07) is 17.9. The summed E-state index contributed by atoms with van der Waals surface area (Å²) in [5, 5.41) is 9.80. The molecule has 3 rings (SSSR count). The Hall–Kier alpha value is -2.92. The summed E-state index contributed by atoms with van der Waals surface area (Å²) in [6.45, 7) is 4.71. The molecule has 0 spiro atoms. The number of hydrogen-bond acceptors (Lipinski definition) is 3. The first kappa shape index (κ1) is 17.9. The van der Waals surface area contributed by atoms with Gasteiger partial charge in [0, 0.05) is 12.7 Å². The summed E-state index contributed by atoms with van der Waals surface area (Å²) >= 11 is 0. The number of hydrogen-bond donors (Lipinski definition) is 2. The van der Waals surface area contributed by atoms with Crippen LogP contribution >= 0.6 is 0 Å². The molecular formula is C21H23N3O2. The summed E-state index contributed by atoms with van der Waals surface area (Å²) in [7, 11) is 0. The molecule has 5 heteroatoms. The number of aromatic nitrogens is 2. The minimum atomic E-state index is -0.501.